The Labute approximate surface area is 79.5 Å². The average molecular weight is 183 g/mol. The van der Waals surface area contributed by atoms with Crippen molar-refractivity contribution in [3.63, 3.8) is 0 Å². The summed E-state index contributed by atoms with van der Waals surface area (Å²) in [5.41, 5.74) is 0. The molecule has 1 amide bonds. The quantitative estimate of drug-likeness (QED) is 0.367. The molecule has 0 aliphatic carbocycles. The lowest BCUT2D eigenvalue weighted by atomic mass is 10.4. The summed E-state index contributed by atoms with van der Waals surface area (Å²) in [6.07, 6.45) is 5.75. The third kappa shape index (κ3) is 8.82. The van der Waals surface area contributed by atoms with Crippen LogP contribution in [0.4, 0.5) is 0 Å². The van der Waals surface area contributed by atoms with Crippen LogP contribution < -0.4 is 5.32 Å². The van der Waals surface area contributed by atoms with Crippen LogP contribution in [0.15, 0.2) is 24.8 Å². The first-order chi connectivity index (χ1) is 6.31. The molecule has 0 unspecified atom stereocenters. The van der Waals surface area contributed by atoms with Crippen molar-refractivity contribution >= 4 is 5.91 Å². The van der Waals surface area contributed by atoms with Crippen LogP contribution in [0.3, 0.4) is 0 Å². The van der Waals surface area contributed by atoms with Crippen LogP contribution in [0.5, 0.6) is 0 Å². The van der Waals surface area contributed by atoms with Crippen molar-refractivity contribution in [1.82, 2.24) is 5.32 Å². The summed E-state index contributed by atoms with van der Waals surface area (Å²) in [6, 6.07) is 0. The molecule has 0 fully saturated rings. The molecule has 0 saturated heterocycles. The zero-order chi connectivity index (χ0) is 9.94. The number of carbonyl (C=O) groups is 1. The van der Waals surface area contributed by atoms with E-state index in [0.717, 1.165) is 6.42 Å². The minimum atomic E-state index is -0.0498. The first-order valence-corrected chi connectivity index (χ1v) is 4.40. The van der Waals surface area contributed by atoms with E-state index in [4.69, 9.17) is 4.74 Å². The minimum Gasteiger partial charge on any atom is -0.377 e. The lowest BCUT2D eigenvalue weighted by molar-refractivity contribution is -0.116. The fraction of sp³-hybridized carbons (Fsp3) is 0.500. The fourth-order valence-corrected chi connectivity index (χ4v) is 0.763. The topological polar surface area (TPSA) is 38.3 Å². The predicted molar refractivity (Wildman–Crippen MR) is 53.5 cm³/mol. The van der Waals surface area contributed by atoms with E-state index < -0.39 is 0 Å². The molecule has 0 rings (SSSR count). The van der Waals surface area contributed by atoms with E-state index >= 15 is 0 Å². The van der Waals surface area contributed by atoms with Crippen molar-refractivity contribution in [2.24, 2.45) is 0 Å². The summed E-state index contributed by atoms with van der Waals surface area (Å²) in [6.45, 7) is 7.22. The SMILES string of the molecule is C=CCOCCCNC(=O)/C=C/C. The second-order valence-corrected chi connectivity index (χ2v) is 2.51. The highest BCUT2D eigenvalue weighted by atomic mass is 16.5. The van der Waals surface area contributed by atoms with Gasteiger partial charge in [-0.1, -0.05) is 12.2 Å². The molecule has 0 spiro atoms. The molecule has 74 valence electrons. The van der Waals surface area contributed by atoms with Crippen LogP contribution >= 0.6 is 0 Å². The molecule has 0 aliphatic rings. The van der Waals surface area contributed by atoms with E-state index in [9.17, 15) is 4.79 Å². The van der Waals surface area contributed by atoms with E-state index in [-0.39, 0.29) is 5.91 Å². The summed E-state index contributed by atoms with van der Waals surface area (Å²) in [7, 11) is 0. The number of carbonyl (C=O) groups excluding carboxylic acids is 1. The largest absolute Gasteiger partial charge is 0.377 e. The van der Waals surface area contributed by atoms with Crippen molar-refractivity contribution in [3.05, 3.63) is 24.8 Å². The number of nitrogens with one attached hydrogen (secondary N) is 1. The summed E-state index contributed by atoms with van der Waals surface area (Å²) >= 11 is 0. The maximum Gasteiger partial charge on any atom is 0.243 e. The molecule has 3 heteroatoms. The van der Waals surface area contributed by atoms with Crippen LogP contribution in [0, 0.1) is 0 Å². The Hall–Kier alpha value is -1.09. The van der Waals surface area contributed by atoms with Gasteiger partial charge in [-0.25, -0.2) is 0 Å². The second-order valence-electron chi connectivity index (χ2n) is 2.51. The molecular weight excluding hydrogens is 166 g/mol. The summed E-state index contributed by atoms with van der Waals surface area (Å²) in [5.74, 6) is -0.0498. The molecule has 0 saturated carbocycles. The van der Waals surface area contributed by atoms with Crippen LogP contribution in [0.2, 0.25) is 0 Å². The van der Waals surface area contributed by atoms with Crippen LogP contribution in [-0.2, 0) is 9.53 Å². The maximum absolute atomic E-state index is 10.9. The highest BCUT2D eigenvalue weighted by molar-refractivity contribution is 5.87. The molecule has 0 aliphatic heterocycles. The first-order valence-electron chi connectivity index (χ1n) is 4.40. The molecular formula is C10H17NO2. The van der Waals surface area contributed by atoms with E-state index in [2.05, 4.69) is 11.9 Å². The lowest BCUT2D eigenvalue weighted by Crippen LogP contribution is -2.23. The number of hydrogen-bond acceptors (Lipinski definition) is 2. The molecule has 13 heavy (non-hydrogen) atoms. The number of rotatable bonds is 7. The Morgan fingerprint density at radius 1 is 1.62 bits per heavy atom. The Kier molecular flexibility index (Phi) is 8.25. The van der Waals surface area contributed by atoms with Crippen molar-refractivity contribution in [3.8, 4) is 0 Å². The molecule has 0 heterocycles. The van der Waals surface area contributed by atoms with Gasteiger partial charge < -0.3 is 10.1 Å². The van der Waals surface area contributed by atoms with Crippen LogP contribution in [0.25, 0.3) is 0 Å². The molecule has 0 radical (unpaired) electrons. The van der Waals surface area contributed by atoms with E-state index in [0.29, 0.717) is 19.8 Å². The Morgan fingerprint density at radius 2 is 2.38 bits per heavy atom. The fourth-order valence-electron chi connectivity index (χ4n) is 0.763. The standard InChI is InChI=1S/C10H17NO2/c1-3-6-10(12)11-7-5-9-13-8-4-2/h3-4,6H,2,5,7-9H2,1H3,(H,11,12)/b6-3+. The van der Waals surface area contributed by atoms with Gasteiger partial charge in [0.2, 0.25) is 5.91 Å². The zero-order valence-electron chi connectivity index (χ0n) is 8.08. The molecule has 0 aromatic heterocycles. The molecule has 1 N–H and O–H groups in total. The number of allylic oxidation sites excluding steroid dienone is 1. The normalized spacial score (nSPS) is 10.2. The third-order valence-electron chi connectivity index (χ3n) is 1.32. The van der Waals surface area contributed by atoms with Crippen molar-refractivity contribution in [1.29, 1.82) is 0 Å². The Balaban J connectivity index is 3.15. The molecule has 3 nitrogen and oxygen atoms in total. The van der Waals surface area contributed by atoms with Crippen molar-refractivity contribution < 1.29 is 9.53 Å². The molecule has 0 atom stereocenters. The lowest BCUT2D eigenvalue weighted by Gasteiger charge is -2.02. The van der Waals surface area contributed by atoms with Gasteiger partial charge >= 0.3 is 0 Å². The van der Waals surface area contributed by atoms with E-state index in [1.165, 1.54) is 6.08 Å². The highest BCUT2D eigenvalue weighted by Crippen LogP contribution is 1.81. The molecule has 0 aromatic carbocycles. The number of ether oxygens (including phenoxy) is 1. The minimum absolute atomic E-state index is 0.0498. The smallest absolute Gasteiger partial charge is 0.243 e. The monoisotopic (exact) mass is 183 g/mol. The molecule has 0 bridgehead atoms. The average Bonchev–Trinajstić information content (AvgIpc) is 2.11. The Morgan fingerprint density at radius 3 is 3.00 bits per heavy atom. The van der Waals surface area contributed by atoms with Gasteiger partial charge in [-0.15, -0.1) is 6.58 Å². The van der Waals surface area contributed by atoms with Gasteiger partial charge in [0.15, 0.2) is 0 Å². The van der Waals surface area contributed by atoms with E-state index in [1.807, 2.05) is 6.92 Å². The Bertz CT molecular complexity index is 176. The van der Waals surface area contributed by atoms with Gasteiger partial charge in [0.05, 0.1) is 6.61 Å². The van der Waals surface area contributed by atoms with Crippen molar-refractivity contribution in [2.75, 3.05) is 19.8 Å². The van der Waals surface area contributed by atoms with Gasteiger partial charge in [-0.2, -0.15) is 0 Å². The number of amides is 1. The summed E-state index contributed by atoms with van der Waals surface area (Å²) in [5, 5.41) is 2.73. The van der Waals surface area contributed by atoms with Gasteiger partial charge in [-0.3, -0.25) is 4.79 Å². The van der Waals surface area contributed by atoms with Gasteiger partial charge in [-0.05, 0) is 19.4 Å². The predicted octanol–water partition coefficient (Wildman–Crippen LogP) is 1.27. The van der Waals surface area contributed by atoms with Crippen molar-refractivity contribution in [2.45, 2.75) is 13.3 Å². The highest BCUT2D eigenvalue weighted by Gasteiger charge is 1.92. The third-order valence-corrected chi connectivity index (χ3v) is 1.32. The van der Waals surface area contributed by atoms with Gasteiger partial charge in [0.1, 0.15) is 0 Å². The summed E-state index contributed by atoms with van der Waals surface area (Å²) < 4.78 is 5.14. The first kappa shape index (κ1) is 11.9. The van der Waals surface area contributed by atoms with Gasteiger partial charge in [0.25, 0.3) is 0 Å². The van der Waals surface area contributed by atoms with Crippen LogP contribution in [-0.4, -0.2) is 25.7 Å². The van der Waals surface area contributed by atoms with E-state index in [1.54, 1.807) is 12.2 Å². The maximum atomic E-state index is 10.9. The molecule has 0 aromatic rings. The van der Waals surface area contributed by atoms with Crippen LogP contribution in [0.1, 0.15) is 13.3 Å². The zero-order valence-corrected chi connectivity index (χ0v) is 8.08. The summed E-state index contributed by atoms with van der Waals surface area (Å²) in [4.78, 5) is 10.9. The van der Waals surface area contributed by atoms with Gasteiger partial charge in [0, 0.05) is 13.2 Å². The second kappa shape index (κ2) is 9.00. The number of hydrogen-bond donors (Lipinski definition) is 1.